The summed E-state index contributed by atoms with van der Waals surface area (Å²) >= 11 is 0. The zero-order valence-corrected chi connectivity index (χ0v) is 21.6. The third-order valence-electron chi connectivity index (χ3n) is 7.12. The zero-order valence-electron chi connectivity index (χ0n) is 21.6. The summed E-state index contributed by atoms with van der Waals surface area (Å²) in [6.07, 6.45) is 4.50. The lowest BCUT2D eigenvalue weighted by Crippen LogP contribution is -2.31. The van der Waals surface area contributed by atoms with Gasteiger partial charge in [-0.15, -0.1) is 0 Å². The number of hydrogen-bond acceptors (Lipinski definition) is 6. The Kier molecular flexibility index (Phi) is 6.71. The third-order valence-corrected chi connectivity index (χ3v) is 7.12. The molecule has 4 aromatic rings. The monoisotopic (exact) mass is 520 g/mol. The van der Waals surface area contributed by atoms with Gasteiger partial charge < -0.3 is 19.5 Å². The van der Waals surface area contributed by atoms with Crippen molar-refractivity contribution in [1.29, 1.82) is 0 Å². The highest BCUT2D eigenvalue weighted by molar-refractivity contribution is 6.07. The van der Waals surface area contributed by atoms with E-state index in [0.29, 0.717) is 17.5 Å². The van der Waals surface area contributed by atoms with Crippen molar-refractivity contribution in [3.05, 3.63) is 101 Å². The van der Waals surface area contributed by atoms with Crippen LogP contribution in [0.3, 0.4) is 0 Å². The van der Waals surface area contributed by atoms with Crippen LogP contribution < -0.4 is 14.8 Å². The Balaban J connectivity index is 1.28. The van der Waals surface area contributed by atoms with E-state index in [1.807, 2.05) is 79.7 Å². The zero-order chi connectivity index (χ0) is 26.8. The van der Waals surface area contributed by atoms with Gasteiger partial charge >= 0.3 is 5.97 Å². The van der Waals surface area contributed by atoms with Crippen molar-refractivity contribution in [3.8, 4) is 11.5 Å². The van der Waals surface area contributed by atoms with Crippen LogP contribution in [0.4, 0.5) is 0 Å². The standard InChI is InChI=1S/C32H28N2O5/c1-20(22-8-3-2-4-9-22)33-29(35)18-37-32(36)30-24-11-5-6-13-26(24)34-31-23(10-7-12-25(30)31)16-21-14-15-27-28(17-21)39-19-38-27/h2-6,8-9,11,13-17,20H,7,10,12,18-19H2,1H3,(H,33,35)/b23-16-/t20-/m0/s1. The van der Waals surface area contributed by atoms with Crippen LogP contribution in [0.15, 0.2) is 72.8 Å². The van der Waals surface area contributed by atoms with Gasteiger partial charge in [-0.25, -0.2) is 9.78 Å². The van der Waals surface area contributed by atoms with Gasteiger partial charge in [0.15, 0.2) is 18.1 Å². The maximum absolute atomic E-state index is 13.5. The summed E-state index contributed by atoms with van der Waals surface area (Å²) in [6, 6.07) is 22.9. The summed E-state index contributed by atoms with van der Waals surface area (Å²) in [6.45, 7) is 1.76. The first kappa shape index (κ1) is 24.7. The molecule has 196 valence electrons. The van der Waals surface area contributed by atoms with Crippen molar-refractivity contribution in [2.75, 3.05) is 13.4 Å². The van der Waals surface area contributed by atoms with Gasteiger partial charge in [0.2, 0.25) is 6.79 Å². The fourth-order valence-corrected chi connectivity index (χ4v) is 5.22. The first-order chi connectivity index (χ1) is 19.1. The third kappa shape index (κ3) is 5.08. The van der Waals surface area contributed by atoms with Crippen LogP contribution in [0.25, 0.3) is 22.6 Å². The summed E-state index contributed by atoms with van der Waals surface area (Å²) in [5.41, 5.74) is 5.85. The van der Waals surface area contributed by atoms with Crippen molar-refractivity contribution in [2.24, 2.45) is 0 Å². The van der Waals surface area contributed by atoms with E-state index in [1.54, 1.807) is 0 Å². The number of benzene rings is 3. The molecule has 2 aliphatic rings. The number of amides is 1. The molecule has 1 aliphatic heterocycles. The van der Waals surface area contributed by atoms with Crippen LogP contribution in [-0.4, -0.2) is 30.3 Å². The highest BCUT2D eigenvalue weighted by atomic mass is 16.7. The molecule has 7 nitrogen and oxygen atoms in total. The summed E-state index contributed by atoms with van der Waals surface area (Å²) in [7, 11) is 0. The molecule has 0 unspecified atom stereocenters. The molecular weight excluding hydrogens is 492 g/mol. The van der Waals surface area contributed by atoms with Crippen LogP contribution in [-0.2, 0) is 16.0 Å². The van der Waals surface area contributed by atoms with Gasteiger partial charge in [-0.3, -0.25) is 4.79 Å². The second kappa shape index (κ2) is 10.6. The molecule has 7 heteroatoms. The number of carbonyl (C=O) groups excluding carboxylic acids is 2. The molecule has 1 aromatic heterocycles. The van der Waals surface area contributed by atoms with E-state index in [2.05, 4.69) is 11.4 Å². The molecular formula is C32H28N2O5. The van der Waals surface area contributed by atoms with Gasteiger partial charge in [-0.1, -0.05) is 54.6 Å². The number of allylic oxidation sites excluding steroid dienone is 1. The first-order valence-electron chi connectivity index (χ1n) is 13.1. The van der Waals surface area contributed by atoms with Crippen molar-refractivity contribution < 1.29 is 23.8 Å². The number of nitrogens with one attached hydrogen (secondary N) is 1. The molecule has 1 aliphatic carbocycles. The van der Waals surface area contributed by atoms with Gasteiger partial charge in [0.1, 0.15) is 0 Å². The maximum Gasteiger partial charge on any atom is 0.339 e. The predicted molar refractivity (Wildman–Crippen MR) is 148 cm³/mol. The quantitative estimate of drug-likeness (QED) is 0.320. The van der Waals surface area contributed by atoms with Crippen LogP contribution in [0.2, 0.25) is 0 Å². The molecule has 3 aromatic carbocycles. The molecule has 6 rings (SSSR count). The molecule has 0 saturated carbocycles. The van der Waals surface area contributed by atoms with E-state index < -0.39 is 5.97 Å². The van der Waals surface area contributed by atoms with Gasteiger partial charge in [-0.05, 0) is 72.7 Å². The number of aromatic nitrogens is 1. The highest BCUT2D eigenvalue weighted by Crippen LogP contribution is 2.38. The van der Waals surface area contributed by atoms with E-state index in [9.17, 15) is 9.59 Å². The molecule has 1 amide bonds. The number of hydrogen-bond donors (Lipinski definition) is 1. The van der Waals surface area contributed by atoms with Crippen LogP contribution in [0.1, 0.15) is 58.5 Å². The average molecular weight is 521 g/mol. The number of rotatable bonds is 6. The highest BCUT2D eigenvalue weighted by Gasteiger charge is 2.27. The summed E-state index contributed by atoms with van der Waals surface area (Å²) in [5, 5.41) is 3.62. The lowest BCUT2D eigenvalue weighted by atomic mass is 9.86. The number of nitrogens with zero attached hydrogens (tertiary/aromatic N) is 1. The normalized spacial score (nSPS) is 15.6. The van der Waals surface area contributed by atoms with Gasteiger partial charge in [0, 0.05) is 5.39 Å². The van der Waals surface area contributed by atoms with Crippen molar-refractivity contribution in [3.63, 3.8) is 0 Å². The number of ether oxygens (including phenoxy) is 3. The average Bonchev–Trinajstić information content (AvgIpc) is 3.43. The van der Waals surface area contributed by atoms with E-state index in [4.69, 9.17) is 19.2 Å². The Labute approximate surface area is 226 Å². The number of carbonyl (C=O) groups is 2. The van der Waals surface area contributed by atoms with Crippen molar-refractivity contribution in [1.82, 2.24) is 10.3 Å². The molecule has 1 atom stereocenters. The van der Waals surface area contributed by atoms with Crippen LogP contribution >= 0.6 is 0 Å². The number of fused-ring (bicyclic) bond motifs is 3. The fraction of sp³-hybridized carbons (Fsp3) is 0.219. The molecule has 0 fully saturated rings. The Morgan fingerprint density at radius 3 is 2.67 bits per heavy atom. The van der Waals surface area contributed by atoms with Gasteiger partial charge in [-0.2, -0.15) is 0 Å². The molecule has 0 spiro atoms. The summed E-state index contributed by atoms with van der Waals surface area (Å²) in [4.78, 5) is 31.1. The lowest BCUT2D eigenvalue weighted by Gasteiger charge is -2.22. The first-order valence-corrected chi connectivity index (χ1v) is 13.1. The van der Waals surface area contributed by atoms with E-state index >= 15 is 0 Å². The Morgan fingerprint density at radius 2 is 1.79 bits per heavy atom. The summed E-state index contributed by atoms with van der Waals surface area (Å²) in [5.74, 6) is 0.584. The lowest BCUT2D eigenvalue weighted by molar-refractivity contribution is -0.124. The minimum atomic E-state index is -0.517. The van der Waals surface area contributed by atoms with E-state index in [1.165, 1.54) is 0 Å². The molecule has 1 N–H and O–H groups in total. The molecule has 0 bridgehead atoms. The SMILES string of the molecule is C[C@H](NC(=O)COC(=O)c1c2c(nc3ccccc13)/C(=C\c1ccc3c(c1)OCO3)CCC2)c1ccccc1. The van der Waals surface area contributed by atoms with Crippen molar-refractivity contribution in [2.45, 2.75) is 32.2 Å². The van der Waals surface area contributed by atoms with Crippen molar-refractivity contribution >= 4 is 34.4 Å². The molecule has 39 heavy (non-hydrogen) atoms. The molecule has 0 radical (unpaired) electrons. The maximum atomic E-state index is 13.5. The Bertz CT molecular complexity index is 1600. The topological polar surface area (TPSA) is 86.8 Å². The second-order valence-corrected chi connectivity index (χ2v) is 9.74. The minimum absolute atomic E-state index is 0.198. The second-order valence-electron chi connectivity index (χ2n) is 9.74. The van der Waals surface area contributed by atoms with E-state index in [0.717, 1.165) is 57.7 Å². The molecule has 2 heterocycles. The number of esters is 1. The van der Waals surface area contributed by atoms with Crippen LogP contribution in [0, 0.1) is 0 Å². The van der Waals surface area contributed by atoms with E-state index in [-0.39, 0.29) is 25.3 Å². The fourth-order valence-electron chi connectivity index (χ4n) is 5.22. The largest absolute Gasteiger partial charge is 0.454 e. The Morgan fingerprint density at radius 1 is 1.00 bits per heavy atom. The minimum Gasteiger partial charge on any atom is -0.454 e. The number of pyridine rings is 1. The number of para-hydroxylation sites is 1. The Hall–Kier alpha value is -4.65. The van der Waals surface area contributed by atoms with Gasteiger partial charge in [0.05, 0.1) is 22.8 Å². The molecule has 0 saturated heterocycles. The van der Waals surface area contributed by atoms with Gasteiger partial charge in [0.25, 0.3) is 5.91 Å². The smallest absolute Gasteiger partial charge is 0.339 e. The summed E-state index contributed by atoms with van der Waals surface area (Å²) < 4.78 is 16.6. The predicted octanol–water partition coefficient (Wildman–Crippen LogP) is 5.87. The van der Waals surface area contributed by atoms with Crippen LogP contribution in [0.5, 0.6) is 11.5 Å².